The van der Waals surface area contributed by atoms with E-state index < -0.39 is 18.1 Å². The van der Waals surface area contributed by atoms with E-state index in [1.807, 2.05) is 78.9 Å². The van der Waals surface area contributed by atoms with E-state index in [1.54, 1.807) is 12.1 Å². The van der Waals surface area contributed by atoms with E-state index in [1.165, 1.54) is 6.07 Å². The average Bonchev–Trinajstić information content (AvgIpc) is 3.25. The fourth-order valence-corrected chi connectivity index (χ4v) is 4.75. The van der Waals surface area contributed by atoms with Crippen LogP contribution in [0, 0.1) is 0 Å². The Morgan fingerprint density at radius 1 is 0.842 bits per heavy atom. The van der Waals surface area contributed by atoms with Gasteiger partial charge in [0.15, 0.2) is 0 Å². The molecule has 38 heavy (non-hydrogen) atoms. The van der Waals surface area contributed by atoms with Gasteiger partial charge in [-0.05, 0) is 39.4 Å². The van der Waals surface area contributed by atoms with Crippen molar-refractivity contribution in [2.75, 3.05) is 6.61 Å². The third kappa shape index (κ3) is 5.47. The monoisotopic (exact) mass is 509 g/mol. The van der Waals surface area contributed by atoms with Gasteiger partial charge in [-0.2, -0.15) is 0 Å². The number of alkyl carbamates (subject to hydrolysis) is 1. The summed E-state index contributed by atoms with van der Waals surface area (Å²) in [6, 6.07) is 28.9. The number of phenols is 1. The molecule has 0 saturated heterocycles. The maximum Gasteiger partial charge on any atom is 0.407 e. The molecular formula is C31H27NO6. The number of ether oxygens (including phenoxy) is 2. The van der Waals surface area contributed by atoms with E-state index in [4.69, 9.17) is 9.47 Å². The van der Waals surface area contributed by atoms with Crippen LogP contribution in [0.4, 0.5) is 4.79 Å². The fraction of sp³-hybridized carbons (Fsp3) is 0.161. The number of carboxylic acids is 1. The predicted molar refractivity (Wildman–Crippen MR) is 142 cm³/mol. The van der Waals surface area contributed by atoms with E-state index >= 15 is 0 Å². The first-order valence-corrected chi connectivity index (χ1v) is 12.3. The molecule has 0 spiro atoms. The highest BCUT2D eigenvalue weighted by atomic mass is 16.5. The Bertz CT molecular complexity index is 1410. The molecule has 1 atom stereocenters. The van der Waals surface area contributed by atoms with Crippen LogP contribution in [0.25, 0.3) is 11.1 Å². The van der Waals surface area contributed by atoms with E-state index in [9.17, 15) is 19.8 Å². The van der Waals surface area contributed by atoms with Gasteiger partial charge in [0.2, 0.25) is 0 Å². The second kappa shape index (κ2) is 11.1. The number of aliphatic carboxylic acids is 1. The van der Waals surface area contributed by atoms with Crippen LogP contribution < -0.4 is 10.1 Å². The normalized spacial score (nSPS) is 12.7. The second-order valence-corrected chi connectivity index (χ2v) is 9.13. The van der Waals surface area contributed by atoms with E-state index in [0.29, 0.717) is 17.9 Å². The summed E-state index contributed by atoms with van der Waals surface area (Å²) in [6.45, 7) is 0.408. The summed E-state index contributed by atoms with van der Waals surface area (Å²) in [6.07, 6.45) is -0.953. The summed E-state index contributed by atoms with van der Waals surface area (Å²) in [4.78, 5) is 24.5. The molecule has 0 saturated carbocycles. The number of rotatable bonds is 9. The summed E-state index contributed by atoms with van der Waals surface area (Å²) in [7, 11) is 0. The maximum atomic E-state index is 12.6. The standard InChI is InChI=1S/C31H27NO6/c33-29-17-22(37-18-20-8-2-1-3-9-20)15-14-21(29)16-28(30(34)35)32-31(36)38-19-27-25-12-6-4-10-23(25)24-11-5-7-13-26(24)27/h1-15,17,27-28,33H,16,18-19H2,(H,32,36)(H,34,35). The van der Waals surface area contributed by atoms with Gasteiger partial charge < -0.3 is 25.0 Å². The Morgan fingerprint density at radius 2 is 1.47 bits per heavy atom. The molecule has 1 amide bonds. The third-order valence-electron chi connectivity index (χ3n) is 6.66. The Balaban J connectivity index is 1.20. The Hall–Kier alpha value is -4.78. The molecule has 0 aromatic heterocycles. The first-order valence-electron chi connectivity index (χ1n) is 12.3. The quantitative estimate of drug-likeness (QED) is 0.275. The number of hydrogen-bond acceptors (Lipinski definition) is 5. The lowest BCUT2D eigenvalue weighted by Crippen LogP contribution is -2.42. The number of carbonyl (C=O) groups is 2. The van der Waals surface area contributed by atoms with E-state index in [2.05, 4.69) is 5.32 Å². The lowest BCUT2D eigenvalue weighted by atomic mass is 9.98. The average molecular weight is 510 g/mol. The van der Waals surface area contributed by atoms with Crippen molar-refractivity contribution in [1.29, 1.82) is 0 Å². The van der Waals surface area contributed by atoms with Gasteiger partial charge in [0.25, 0.3) is 0 Å². The molecule has 4 aromatic rings. The molecule has 1 aliphatic carbocycles. The second-order valence-electron chi connectivity index (χ2n) is 9.13. The lowest BCUT2D eigenvalue weighted by molar-refractivity contribution is -0.139. The van der Waals surface area contributed by atoms with Gasteiger partial charge in [-0.25, -0.2) is 9.59 Å². The van der Waals surface area contributed by atoms with Crippen LogP contribution in [0.5, 0.6) is 11.5 Å². The molecule has 192 valence electrons. The van der Waals surface area contributed by atoms with Gasteiger partial charge in [-0.15, -0.1) is 0 Å². The van der Waals surface area contributed by atoms with Crippen molar-refractivity contribution in [3.8, 4) is 22.6 Å². The van der Waals surface area contributed by atoms with Crippen molar-refractivity contribution in [2.45, 2.75) is 25.0 Å². The van der Waals surface area contributed by atoms with Crippen molar-refractivity contribution in [2.24, 2.45) is 0 Å². The van der Waals surface area contributed by atoms with Crippen LogP contribution in [0.3, 0.4) is 0 Å². The molecule has 7 heteroatoms. The first-order chi connectivity index (χ1) is 18.5. The number of carbonyl (C=O) groups excluding carboxylic acids is 1. The molecule has 1 unspecified atom stereocenters. The first kappa shape index (κ1) is 24.9. The zero-order valence-corrected chi connectivity index (χ0v) is 20.5. The molecule has 0 aliphatic heterocycles. The number of hydrogen-bond donors (Lipinski definition) is 3. The van der Waals surface area contributed by atoms with Gasteiger partial charge in [0, 0.05) is 18.4 Å². The number of carboxylic acid groups (broad SMARTS) is 1. The predicted octanol–water partition coefficient (Wildman–Crippen LogP) is 5.51. The lowest BCUT2D eigenvalue weighted by Gasteiger charge is -2.18. The molecule has 4 aromatic carbocycles. The maximum absolute atomic E-state index is 12.6. The molecule has 0 radical (unpaired) electrons. The van der Waals surface area contributed by atoms with Crippen LogP contribution >= 0.6 is 0 Å². The molecule has 0 fully saturated rings. The topological polar surface area (TPSA) is 105 Å². The number of fused-ring (bicyclic) bond motifs is 3. The minimum atomic E-state index is -1.28. The highest BCUT2D eigenvalue weighted by Crippen LogP contribution is 2.44. The minimum Gasteiger partial charge on any atom is -0.508 e. The molecule has 7 nitrogen and oxygen atoms in total. The summed E-state index contributed by atoms with van der Waals surface area (Å²) in [5, 5.41) is 22.6. The van der Waals surface area contributed by atoms with Crippen molar-refractivity contribution >= 4 is 12.1 Å². The molecule has 5 rings (SSSR count). The molecule has 3 N–H and O–H groups in total. The van der Waals surface area contributed by atoms with E-state index in [0.717, 1.165) is 27.8 Å². The van der Waals surface area contributed by atoms with Gasteiger partial charge in [-0.1, -0.05) is 84.9 Å². The Labute approximate surface area is 220 Å². The number of nitrogens with one attached hydrogen (secondary N) is 1. The Morgan fingerprint density at radius 3 is 2.11 bits per heavy atom. The SMILES string of the molecule is O=C(NC(Cc1ccc(OCc2ccccc2)cc1O)C(=O)O)OCC1c2ccccc2-c2ccccc21. The zero-order valence-electron chi connectivity index (χ0n) is 20.5. The highest BCUT2D eigenvalue weighted by molar-refractivity contribution is 5.81. The molecule has 0 bridgehead atoms. The minimum absolute atomic E-state index is 0.0743. The molecule has 1 aliphatic rings. The van der Waals surface area contributed by atoms with Crippen LogP contribution in [0.1, 0.15) is 28.2 Å². The zero-order chi connectivity index (χ0) is 26.5. The molecule has 0 heterocycles. The van der Waals surface area contributed by atoms with Crippen molar-refractivity contribution in [3.63, 3.8) is 0 Å². The van der Waals surface area contributed by atoms with Gasteiger partial charge in [0.1, 0.15) is 30.8 Å². The largest absolute Gasteiger partial charge is 0.508 e. The van der Waals surface area contributed by atoms with Gasteiger partial charge in [0.05, 0.1) is 0 Å². The van der Waals surface area contributed by atoms with Crippen LogP contribution in [-0.4, -0.2) is 34.9 Å². The smallest absolute Gasteiger partial charge is 0.407 e. The van der Waals surface area contributed by atoms with E-state index in [-0.39, 0.29) is 24.7 Å². The van der Waals surface area contributed by atoms with Crippen LogP contribution in [0.15, 0.2) is 97.1 Å². The third-order valence-corrected chi connectivity index (χ3v) is 6.66. The van der Waals surface area contributed by atoms with Crippen molar-refractivity contribution < 1.29 is 29.3 Å². The fourth-order valence-electron chi connectivity index (χ4n) is 4.75. The number of amides is 1. The summed E-state index contributed by atoms with van der Waals surface area (Å²) < 4.78 is 11.2. The molecular weight excluding hydrogens is 482 g/mol. The van der Waals surface area contributed by atoms with Crippen molar-refractivity contribution in [1.82, 2.24) is 5.32 Å². The van der Waals surface area contributed by atoms with Gasteiger partial charge in [-0.3, -0.25) is 0 Å². The summed E-state index contributed by atoms with van der Waals surface area (Å²) in [5.74, 6) is -1.03. The Kier molecular flexibility index (Phi) is 7.26. The summed E-state index contributed by atoms with van der Waals surface area (Å²) >= 11 is 0. The number of phenolic OH excluding ortho intramolecular Hbond substituents is 1. The number of benzene rings is 4. The van der Waals surface area contributed by atoms with Gasteiger partial charge >= 0.3 is 12.1 Å². The number of aromatic hydroxyl groups is 1. The summed E-state index contributed by atoms with van der Waals surface area (Å²) in [5.41, 5.74) is 5.68. The highest BCUT2D eigenvalue weighted by Gasteiger charge is 2.30. The van der Waals surface area contributed by atoms with Crippen molar-refractivity contribution in [3.05, 3.63) is 119 Å². The van der Waals surface area contributed by atoms with Crippen LogP contribution in [0.2, 0.25) is 0 Å². The van der Waals surface area contributed by atoms with Crippen LogP contribution in [-0.2, 0) is 22.6 Å².